The summed E-state index contributed by atoms with van der Waals surface area (Å²) >= 11 is 0. The van der Waals surface area contributed by atoms with Gasteiger partial charge in [0, 0.05) is 53.8 Å². The van der Waals surface area contributed by atoms with Gasteiger partial charge in [-0.1, -0.05) is 30.3 Å². The van der Waals surface area contributed by atoms with Crippen LogP contribution in [0.2, 0.25) is 0 Å². The van der Waals surface area contributed by atoms with E-state index in [-0.39, 0.29) is 32.2 Å². The zero-order valence-corrected chi connectivity index (χ0v) is 22.4. The van der Waals surface area contributed by atoms with Gasteiger partial charge in [-0.3, -0.25) is 14.4 Å². The Morgan fingerprint density at radius 3 is 2.50 bits per heavy atom. The molecule has 0 spiro atoms. The Morgan fingerprint density at radius 1 is 0.975 bits per heavy atom. The van der Waals surface area contributed by atoms with Crippen LogP contribution in [0.25, 0.3) is 21.9 Å². The number of hydrogen-bond acceptors (Lipinski definition) is 6. The van der Waals surface area contributed by atoms with Crippen LogP contribution in [0, 0.1) is 6.92 Å². The van der Waals surface area contributed by atoms with Crippen LogP contribution in [0.3, 0.4) is 0 Å². The minimum atomic E-state index is -0.951. The lowest BCUT2D eigenvalue weighted by Gasteiger charge is -2.19. The molecule has 9 heteroatoms. The fraction of sp³-hybridized carbons (Fsp3) is 0.355. The Kier molecular flexibility index (Phi) is 8.00. The third-order valence-corrected chi connectivity index (χ3v) is 7.53. The lowest BCUT2D eigenvalue weighted by Crippen LogP contribution is -2.41. The summed E-state index contributed by atoms with van der Waals surface area (Å²) in [5.41, 5.74) is 3.70. The summed E-state index contributed by atoms with van der Waals surface area (Å²) < 4.78 is 11.7. The Morgan fingerprint density at radius 2 is 1.73 bits per heavy atom. The first kappa shape index (κ1) is 27.2. The molecule has 1 atom stereocenters. The molecule has 0 saturated heterocycles. The molecule has 2 aromatic carbocycles. The van der Waals surface area contributed by atoms with Crippen molar-refractivity contribution in [2.24, 2.45) is 0 Å². The third-order valence-electron chi connectivity index (χ3n) is 7.53. The largest absolute Gasteiger partial charge is 0.481 e. The SMILES string of the molecule is Cc1c(CCC(=O)N[C@@H](C(=O)NCCCC(=O)O)c2ccccc2)c(=O)oc2cc3oc4c(c3cc12)CCCC4. The molecule has 0 saturated carbocycles. The van der Waals surface area contributed by atoms with Crippen molar-refractivity contribution in [3.63, 3.8) is 0 Å². The van der Waals surface area contributed by atoms with E-state index in [0.717, 1.165) is 53.4 Å². The lowest BCUT2D eigenvalue weighted by molar-refractivity contribution is -0.137. The smallest absolute Gasteiger partial charge is 0.339 e. The number of fused-ring (bicyclic) bond motifs is 4. The van der Waals surface area contributed by atoms with E-state index in [1.54, 1.807) is 30.3 Å². The zero-order valence-electron chi connectivity index (χ0n) is 22.4. The van der Waals surface area contributed by atoms with Gasteiger partial charge in [0.15, 0.2) is 0 Å². The number of hydrogen-bond donors (Lipinski definition) is 3. The number of carboxylic acids is 1. The van der Waals surface area contributed by atoms with Crippen LogP contribution in [0.15, 0.2) is 56.1 Å². The topological polar surface area (TPSA) is 139 Å². The molecule has 2 heterocycles. The van der Waals surface area contributed by atoms with Crippen molar-refractivity contribution in [2.75, 3.05) is 6.54 Å². The first-order valence-corrected chi connectivity index (χ1v) is 13.7. The Balaban J connectivity index is 1.32. The number of furan rings is 1. The number of aryl methyl sites for hydroxylation is 3. The molecule has 9 nitrogen and oxygen atoms in total. The van der Waals surface area contributed by atoms with Crippen LogP contribution in [0.4, 0.5) is 0 Å². The molecule has 0 bridgehead atoms. The molecule has 208 valence electrons. The van der Waals surface area contributed by atoms with Gasteiger partial charge in [-0.2, -0.15) is 0 Å². The van der Waals surface area contributed by atoms with Crippen LogP contribution in [-0.2, 0) is 33.6 Å². The van der Waals surface area contributed by atoms with E-state index in [2.05, 4.69) is 10.6 Å². The molecule has 1 aliphatic carbocycles. The number of carbonyl (C=O) groups is 3. The number of carboxylic acid groups (broad SMARTS) is 1. The Bertz CT molecular complexity index is 1630. The van der Waals surface area contributed by atoms with E-state index in [0.29, 0.717) is 16.7 Å². The first-order chi connectivity index (χ1) is 19.3. The van der Waals surface area contributed by atoms with Crippen LogP contribution >= 0.6 is 0 Å². The van der Waals surface area contributed by atoms with Gasteiger partial charge in [-0.15, -0.1) is 0 Å². The van der Waals surface area contributed by atoms with Gasteiger partial charge in [0.05, 0.1) is 0 Å². The predicted molar refractivity (Wildman–Crippen MR) is 149 cm³/mol. The number of aliphatic carboxylic acids is 1. The maximum atomic E-state index is 13.0. The van der Waals surface area contributed by atoms with E-state index >= 15 is 0 Å². The van der Waals surface area contributed by atoms with Gasteiger partial charge in [0.25, 0.3) is 0 Å². The summed E-state index contributed by atoms with van der Waals surface area (Å²) in [5.74, 6) is -0.761. The normalized spacial score (nSPS) is 13.6. The molecule has 40 heavy (non-hydrogen) atoms. The summed E-state index contributed by atoms with van der Waals surface area (Å²) in [7, 11) is 0. The van der Waals surface area contributed by atoms with Crippen LogP contribution in [-0.4, -0.2) is 29.4 Å². The highest BCUT2D eigenvalue weighted by Crippen LogP contribution is 2.35. The lowest BCUT2D eigenvalue weighted by atomic mass is 9.94. The van der Waals surface area contributed by atoms with Crippen LogP contribution < -0.4 is 16.3 Å². The van der Waals surface area contributed by atoms with Gasteiger partial charge in [0.1, 0.15) is 23.0 Å². The van der Waals surface area contributed by atoms with Gasteiger partial charge in [-0.05, 0) is 56.2 Å². The van der Waals surface area contributed by atoms with Gasteiger partial charge in [0.2, 0.25) is 11.8 Å². The van der Waals surface area contributed by atoms with Gasteiger partial charge >= 0.3 is 11.6 Å². The number of rotatable bonds is 10. The summed E-state index contributed by atoms with van der Waals surface area (Å²) in [6.07, 6.45) is 4.44. The molecule has 3 N–H and O–H groups in total. The average Bonchev–Trinajstić information content (AvgIpc) is 3.30. The van der Waals surface area contributed by atoms with Crippen molar-refractivity contribution < 1.29 is 28.3 Å². The van der Waals surface area contributed by atoms with Crippen LogP contribution in [0.1, 0.15) is 66.2 Å². The van der Waals surface area contributed by atoms with Gasteiger partial charge in [-0.25, -0.2) is 4.79 Å². The minimum absolute atomic E-state index is 0.0178. The van der Waals surface area contributed by atoms with Crippen molar-refractivity contribution in [3.05, 3.63) is 80.9 Å². The first-order valence-electron chi connectivity index (χ1n) is 13.7. The van der Waals surface area contributed by atoms with E-state index in [9.17, 15) is 19.2 Å². The minimum Gasteiger partial charge on any atom is -0.481 e. The van der Waals surface area contributed by atoms with E-state index in [1.165, 1.54) is 5.56 Å². The summed E-state index contributed by atoms with van der Waals surface area (Å²) in [6, 6.07) is 11.7. The molecular formula is C31H32N2O7. The molecule has 0 unspecified atom stereocenters. The average molecular weight is 545 g/mol. The highest BCUT2D eigenvalue weighted by molar-refractivity contribution is 5.97. The summed E-state index contributed by atoms with van der Waals surface area (Å²) in [4.78, 5) is 49.6. The monoisotopic (exact) mass is 544 g/mol. The second kappa shape index (κ2) is 11.8. The molecule has 0 fully saturated rings. The van der Waals surface area contributed by atoms with Crippen molar-refractivity contribution in [1.82, 2.24) is 10.6 Å². The maximum Gasteiger partial charge on any atom is 0.339 e. The zero-order chi connectivity index (χ0) is 28.2. The fourth-order valence-electron chi connectivity index (χ4n) is 5.40. The maximum absolute atomic E-state index is 13.0. The molecular weight excluding hydrogens is 512 g/mol. The quantitative estimate of drug-likeness (QED) is 0.197. The summed E-state index contributed by atoms with van der Waals surface area (Å²) in [5, 5.41) is 16.1. The Labute approximate surface area is 230 Å². The molecule has 1 aliphatic rings. The van der Waals surface area contributed by atoms with E-state index in [1.807, 2.05) is 19.1 Å². The van der Waals surface area contributed by atoms with Crippen molar-refractivity contribution in [3.8, 4) is 0 Å². The second-order valence-corrected chi connectivity index (χ2v) is 10.2. The van der Waals surface area contributed by atoms with E-state index < -0.39 is 29.5 Å². The molecule has 2 aromatic heterocycles. The fourth-order valence-corrected chi connectivity index (χ4v) is 5.40. The van der Waals surface area contributed by atoms with Gasteiger partial charge < -0.3 is 24.6 Å². The number of benzene rings is 2. The molecule has 5 rings (SSSR count). The van der Waals surface area contributed by atoms with E-state index in [4.69, 9.17) is 13.9 Å². The number of nitrogens with one attached hydrogen (secondary N) is 2. The number of carbonyl (C=O) groups excluding carboxylic acids is 2. The van der Waals surface area contributed by atoms with Crippen LogP contribution in [0.5, 0.6) is 0 Å². The second-order valence-electron chi connectivity index (χ2n) is 10.2. The molecule has 0 aliphatic heterocycles. The highest BCUT2D eigenvalue weighted by atomic mass is 16.4. The molecule has 2 amide bonds. The predicted octanol–water partition coefficient (Wildman–Crippen LogP) is 4.50. The number of amides is 2. The summed E-state index contributed by atoms with van der Waals surface area (Å²) in [6.45, 7) is 2.04. The molecule has 0 radical (unpaired) electrons. The Hall–Kier alpha value is -4.40. The van der Waals surface area contributed by atoms with Crippen molar-refractivity contribution >= 4 is 39.7 Å². The van der Waals surface area contributed by atoms with Crippen molar-refractivity contribution in [2.45, 2.75) is 64.3 Å². The van der Waals surface area contributed by atoms with Crippen molar-refractivity contribution in [1.29, 1.82) is 0 Å². The molecule has 4 aromatic rings. The standard InChI is InChI=1S/C31H32N2O7/c1-18-20(31(38)40-25-17-26-23(16-22(18)25)21-10-5-6-11-24(21)39-26)13-14-27(34)33-29(19-8-3-2-4-9-19)30(37)32-15-7-12-28(35)36/h2-4,8-9,16-17,29H,5-7,10-15H2,1H3,(H,32,37)(H,33,34)(H,35,36)/t29-/m1/s1. The highest BCUT2D eigenvalue weighted by Gasteiger charge is 2.24. The third kappa shape index (κ3) is 5.78.